The molecule has 1 heterocycles. The van der Waals surface area contributed by atoms with Gasteiger partial charge in [-0.25, -0.2) is 0 Å². The standard InChI is InChI=1S/C28H28N2O3/c1-17(2)33-20-13-11-18(12-14-20)19-15-24-27(26(32)16-19)28(21-7-3-6-10-25(21)31)30-23-9-5-4-8-22(23)29-24/h3-14,17,19,28-31H,15-16H2,1-2H3. The average Bonchev–Trinajstić information content (AvgIpc) is 2.96. The molecule has 0 bridgehead atoms. The van der Waals surface area contributed by atoms with Crippen LogP contribution >= 0.6 is 0 Å². The summed E-state index contributed by atoms with van der Waals surface area (Å²) < 4.78 is 5.77. The average molecular weight is 441 g/mol. The Kier molecular flexibility index (Phi) is 5.55. The number of anilines is 2. The van der Waals surface area contributed by atoms with Crippen LogP contribution in [0.25, 0.3) is 0 Å². The molecule has 2 aliphatic rings. The second-order valence-corrected chi connectivity index (χ2v) is 8.96. The summed E-state index contributed by atoms with van der Waals surface area (Å²) in [6, 6.07) is 22.8. The number of nitrogens with one attached hydrogen (secondary N) is 2. The molecule has 3 N–H and O–H groups in total. The second kappa shape index (κ2) is 8.66. The van der Waals surface area contributed by atoms with Gasteiger partial charge in [0, 0.05) is 23.3 Å². The topological polar surface area (TPSA) is 70.6 Å². The van der Waals surface area contributed by atoms with Gasteiger partial charge < -0.3 is 20.5 Å². The third-order valence-electron chi connectivity index (χ3n) is 6.28. The molecular weight excluding hydrogens is 412 g/mol. The van der Waals surface area contributed by atoms with Crippen molar-refractivity contribution in [3.63, 3.8) is 0 Å². The number of carbonyl (C=O) groups excluding carboxylic acids is 1. The highest BCUT2D eigenvalue weighted by Crippen LogP contribution is 2.45. The van der Waals surface area contributed by atoms with E-state index in [1.807, 2.05) is 62.4 Å². The quantitative estimate of drug-likeness (QED) is 0.453. The molecule has 5 heteroatoms. The van der Waals surface area contributed by atoms with Crippen molar-refractivity contribution in [2.75, 3.05) is 10.6 Å². The van der Waals surface area contributed by atoms with Gasteiger partial charge in [0.1, 0.15) is 11.5 Å². The first-order valence-electron chi connectivity index (χ1n) is 11.4. The number of rotatable bonds is 4. The summed E-state index contributed by atoms with van der Waals surface area (Å²) in [6.45, 7) is 4.01. The van der Waals surface area contributed by atoms with E-state index >= 15 is 0 Å². The number of phenols is 1. The number of allylic oxidation sites excluding steroid dienone is 1. The second-order valence-electron chi connectivity index (χ2n) is 8.96. The molecule has 0 fully saturated rings. The lowest BCUT2D eigenvalue weighted by molar-refractivity contribution is -0.116. The van der Waals surface area contributed by atoms with Crippen molar-refractivity contribution in [3.05, 3.63) is 95.2 Å². The number of aromatic hydroxyl groups is 1. The minimum absolute atomic E-state index is 0.0760. The van der Waals surface area contributed by atoms with Crippen molar-refractivity contribution in [1.29, 1.82) is 0 Å². The summed E-state index contributed by atoms with van der Waals surface area (Å²) in [5.74, 6) is 1.18. The van der Waals surface area contributed by atoms with Gasteiger partial charge in [-0.05, 0) is 62.1 Å². The molecule has 5 nitrogen and oxygen atoms in total. The number of para-hydroxylation sites is 3. The normalized spacial score (nSPS) is 19.8. The van der Waals surface area contributed by atoms with Gasteiger partial charge in [-0.3, -0.25) is 4.79 Å². The molecule has 1 aliphatic carbocycles. The van der Waals surface area contributed by atoms with Gasteiger partial charge in [-0.1, -0.05) is 42.5 Å². The molecule has 3 aromatic rings. The predicted molar refractivity (Wildman–Crippen MR) is 131 cm³/mol. The summed E-state index contributed by atoms with van der Waals surface area (Å²) in [5.41, 5.74) is 5.26. The van der Waals surface area contributed by atoms with Crippen LogP contribution in [-0.4, -0.2) is 17.0 Å². The van der Waals surface area contributed by atoms with Crippen LogP contribution < -0.4 is 15.4 Å². The van der Waals surface area contributed by atoms with Gasteiger partial charge in [0.15, 0.2) is 5.78 Å². The fourth-order valence-corrected chi connectivity index (χ4v) is 4.78. The van der Waals surface area contributed by atoms with Gasteiger partial charge in [0.05, 0.1) is 23.5 Å². The molecule has 168 valence electrons. The van der Waals surface area contributed by atoms with E-state index in [1.54, 1.807) is 12.1 Å². The van der Waals surface area contributed by atoms with Gasteiger partial charge in [-0.15, -0.1) is 0 Å². The maximum atomic E-state index is 13.6. The number of phenolic OH excluding ortho intramolecular Hbond substituents is 1. The molecule has 0 saturated heterocycles. The Hall–Kier alpha value is -3.73. The number of carbonyl (C=O) groups is 1. The minimum atomic E-state index is -0.424. The van der Waals surface area contributed by atoms with E-state index in [4.69, 9.17) is 4.74 Å². The van der Waals surface area contributed by atoms with Crippen molar-refractivity contribution in [3.8, 4) is 11.5 Å². The molecular formula is C28H28N2O3. The van der Waals surface area contributed by atoms with Gasteiger partial charge >= 0.3 is 0 Å². The van der Waals surface area contributed by atoms with Crippen LogP contribution in [0.4, 0.5) is 11.4 Å². The fourth-order valence-electron chi connectivity index (χ4n) is 4.78. The zero-order valence-electron chi connectivity index (χ0n) is 18.8. The zero-order valence-corrected chi connectivity index (χ0v) is 18.8. The Balaban J connectivity index is 1.53. The Bertz CT molecular complexity index is 1210. The largest absolute Gasteiger partial charge is 0.508 e. The number of Topliss-reactive ketones (excluding diaryl/α,β-unsaturated/α-hetero) is 1. The van der Waals surface area contributed by atoms with E-state index in [-0.39, 0.29) is 23.6 Å². The SMILES string of the molecule is CC(C)Oc1ccc(C2CC(=O)C3=C(C2)Nc2ccccc2NC3c2ccccc2O)cc1. The third-order valence-corrected chi connectivity index (χ3v) is 6.28. The molecule has 0 radical (unpaired) electrons. The molecule has 0 saturated carbocycles. The number of hydrogen-bond acceptors (Lipinski definition) is 5. The van der Waals surface area contributed by atoms with E-state index in [0.29, 0.717) is 24.0 Å². The third kappa shape index (κ3) is 4.19. The molecule has 2 atom stereocenters. The summed E-state index contributed by atoms with van der Waals surface area (Å²) >= 11 is 0. The number of ether oxygens (including phenoxy) is 1. The van der Waals surface area contributed by atoms with Crippen molar-refractivity contribution < 1.29 is 14.6 Å². The highest BCUT2D eigenvalue weighted by molar-refractivity contribution is 6.01. The minimum Gasteiger partial charge on any atom is -0.508 e. The molecule has 5 rings (SSSR count). The number of hydrogen-bond donors (Lipinski definition) is 3. The van der Waals surface area contributed by atoms with Crippen molar-refractivity contribution >= 4 is 17.2 Å². The van der Waals surface area contributed by atoms with Crippen LogP contribution in [0, 0.1) is 0 Å². The van der Waals surface area contributed by atoms with Gasteiger partial charge in [-0.2, -0.15) is 0 Å². The van der Waals surface area contributed by atoms with Crippen molar-refractivity contribution in [2.24, 2.45) is 0 Å². The molecule has 1 aliphatic heterocycles. The Morgan fingerprint density at radius 1 is 0.909 bits per heavy atom. The van der Waals surface area contributed by atoms with Crippen LogP contribution in [0.2, 0.25) is 0 Å². The lowest BCUT2D eigenvalue weighted by Crippen LogP contribution is -2.26. The van der Waals surface area contributed by atoms with E-state index in [1.165, 1.54) is 0 Å². The molecule has 33 heavy (non-hydrogen) atoms. The number of benzene rings is 3. The maximum Gasteiger partial charge on any atom is 0.163 e. The van der Waals surface area contributed by atoms with E-state index in [2.05, 4.69) is 22.8 Å². The Labute approximate surface area is 194 Å². The predicted octanol–water partition coefficient (Wildman–Crippen LogP) is 6.16. The Morgan fingerprint density at radius 3 is 2.33 bits per heavy atom. The summed E-state index contributed by atoms with van der Waals surface area (Å²) in [4.78, 5) is 13.6. The highest BCUT2D eigenvalue weighted by Gasteiger charge is 2.36. The smallest absolute Gasteiger partial charge is 0.163 e. The number of fused-ring (bicyclic) bond motifs is 1. The molecule has 0 amide bonds. The van der Waals surface area contributed by atoms with E-state index in [9.17, 15) is 9.90 Å². The highest BCUT2D eigenvalue weighted by atomic mass is 16.5. The lowest BCUT2D eigenvalue weighted by Gasteiger charge is -2.30. The Morgan fingerprint density at radius 2 is 1.61 bits per heavy atom. The molecule has 2 unspecified atom stereocenters. The van der Waals surface area contributed by atoms with Crippen molar-refractivity contribution in [1.82, 2.24) is 0 Å². The van der Waals surface area contributed by atoms with Crippen LogP contribution in [0.3, 0.4) is 0 Å². The van der Waals surface area contributed by atoms with Crippen molar-refractivity contribution in [2.45, 2.75) is 44.8 Å². The maximum absolute atomic E-state index is 13.6. The van der Waals surface area contributed by atoms with E-state index in [0.717, 1.165) is 28.4 Å². The van der Waals surface area contributed by atoms with Crippen LogP contribution in [-0.2, 0) is 4.79 Å². The van der Waals surface area contributed by atoms with Crippen LogP contribution in [0.15, 0.2) is 84.1 Å². The molecule has 3 aromatic carbocycles. The lowest BCUT2D eigenvalue weighted by atomic mass is 9.78. The first-order chi connectivity index (χ1) is 16.0. The van der Waals surface area contributed by atoms with Crippen LogP contribution in [0.1, 0.15) is 49.8 Å². The monoisotopic (exact) mass is 440 g/mol. The van der Waals surface area contributed by atoms with Crippen LogP contribution in [0.5, 0.6) is 11.5 Å². The summed E-state index contributed by atoms with van der Waals surface area (Å²) in [7, 11) is 0. The first-order valence-corrected chi connectivity index (χ1v) is 11.4. The van der Waals surface area contributed by atoms with E-state index < -0.39 is 6.04 Å². The fraction of sp³-hybridized carbons (Fsp3) is 0.250. The van der Waals surface area contributed by atoms with Gasteiger partial charge in [0.25, 0.3) is 0 Å². The van der Waals surface area contributed by atoms with Gasteiger partial charge in [0.2, 0.25) is 0 Å². The molecule has 0 aromatic heterocycles. The summed E-state index contributed by atoms with van der Waals surface area (Å²) in [5, 5.41) is 17.6. The summed E-state index contributed by atoms with van der Waals surface area (Å²) in [6.07, 6.45) is 1.26. The number of ketones is 1. The molecule has 0 spiro atoms. The first kappa shape index (κ1) is 21.1. The zero-order chi connectivity index (χ0) is 22.9.